The molecule has 0 aromatic heterocycles. The molecule has 1 radical (unpaired) electrons. The van der Waals surface area contributed by atoms with Crippen molar-refractivity contribution in [3.05, 3.63) is 36.6 Å². The van der Waals surface area contributed by atoms with Crippen LogP contribution >= 0.6 is 0 Å². The molecule has 4 aliphatic rings. The van der Waals surface area contributed by atoms with Crippen molar-refractivity contribution in [2.75, 3.05) is 13.2 Å². The minimum Gasteiger partial charge on any atom is -0.461 e. The molecule has 293 valence electrons. The Bertz CT molecular complexity index is 1100. The van der Waals surface area contributed by atoms with Gasteiger partial charge in [0.25, 0.3) is 0 Å². The Balaban J connectivity index is 0.000000409. The number of hydrogen-bond acceptors (Lipinski definition) is 3. The normalized spacial score (nSPS) is 30.7. The predicted octanol–water partition coefficient (Wildman–Crippen LogP) is 13.6. The van der Waals surface area contributed by atoms with Crippen LogP contribution in [0.5, 0.6) is 0 Å². The number of carbonyl (C=O) groups excluding carboxylic acids is 1. The summed E-state index contributed by atoms with van der Waals surface area (Å²) in [5, 5.41) is 0. The van der Waals surface area contributed by atoms with Crippen molar-refractivity contribution in [2.24, 2.45) is 57.2 Å². The fraction of sp³-hybridized carbons (Fsp3) is 0.851. The van der Waals surface area contributed by atoms with Crippen LogP contribution in [0, 0.1) is 70.0 Å². The van der Waals surface area contributed by atoms with E-state index >= 15 is 0 Å². The van der Waals surface area contributed by atoms with Crippen molar-refractivity contribution in [3.63, 3.8) is 0 Å². The first-order valence-electron chi connectivity index (χ1n) is 21.2. The minimum atomic E-state index is -0.420. The molecule has 3 nitrogen and oxygen atoms in total. The summed E-state index contributed by atoms with van der Waals surface area (Å²) in [6.45, 7) is 31.8. The number of allylic oxidation sites excluding steroid dienone is 2. The van der Waals surface area contributed by atoms with E-state index < -0.39 is 5.41 Å². The van der Waals surface area contributed by atoms with Crippen LogP contribution in [0.15, 0.2) is 23.8 Å². The Hall–Kier alpha value is 0.0139. The van der Waals surface area contributed by atoms with Gasteiger partial charge < -0.3 is 22.3 Å². The van der Waals surface area contributed by atoms with E-state index in [-0.39, 0.29) is 50.0 Å². The molecule has 51 heavy (non-hydrogen) atoms. The Morgan fingerprint density at radius 1 is 0.980 bits per heavy atom. The van der Waals surface area contributed by atoms with Crippen molar-refractivity contribution in [3.8, 4) is 0 Å². The van der Waals surface area contributed by atoms with Crippen LogP contribution in [0.25, 0.3) is 0 Å². The third kappa shape index (κ3) is 12.3. The van der Waals surface area contributed by atoms with Crippen molar-refractivity contribution in [2.45, 2.75) is 186 Å². The van der Waals surface area contributed by atoms with Gasteiger partial charge in [-0.1, -0.05) is 98.8 Å². The van der Waals surface area contributed by atoms with Gasteiger partial charge in [0.2, 0.25) is 0 Å². The van der Waals surface area contributed by atoms with E-state index in [1.165, 1.54) is 95.8 Å². The van der Waals surface area contributed by atoms with Crippen LogP contribution < -0.4 is 0 Å². The molecule has 4 aliphatic carbocycles. The second kappa shape index (κ2) is 20.8. The maximum atomic E-state index is 11.9. The summed E-state index contributed by atoms with van der Waals surface area (Å²) in [5.41, 5.74) is 2.51. The summed E-state index contributed by atoms with van der Waals surface area (Å²) in [6.07, 6.45) is 27.7. The molecule has 4 rings (SSSR count). The van der Waals surface area contributed by atoms with E-state index in [1.807, 2.05) is 33.8 Å². The van der Waals surface area contributed by atoms with Gasteiger partial charge in [0.05, 0.1) is 11.5 Å². The first-order valence-corrected chi connectivity index (χ1v) is 21.2. The molecule has 0 spiro atoms. The SMILES string of the molecule is C[C-](C)C(C)(C)/C=C/COC(=O)C(C)(C)C(C)C.[CH2-]CCCCOC1CCC2(C)C(=CCC3C2CCC2(C)C(CCCCC(C)C)CCC32)C1.[Y]. The number of esters is 1. The Kier molecular flexibility index (Phi) is 19.2. The molecule has 0 heterocycles. The van der Waals surface area contributed by atoms with Crippen LogP contribution in [0.1, 0.15) is 179 Å². The molecule has 7 unspecified atom stereocenters. The van der Waals surface area contributed by atoms with Gasteiger partial charge in [-0.3, -0.25) is 4.79 Å². The van der Waals surface area contributed by atoms with Crippen molar-refractivity contribution in [1.29, 1.82) is 0 Å². The summed E-state index contributed by atoms with van der Waals surface area (Å²) in [5.74, 6) is 6.24. The van der Waals surface area contributed by atoms with E-state index in [0.717, 1.165) is 42.6 Å². The summed E-state index contributed by atoms with van der Waals surface area (Å²) in [6, 6.07) is 0. The molecule has 4 heteroatoms. The first-order chi connectivity index (χ1) is 23.4. The van der Waals surface area contributed by atoms with E-state index in [4.69, 9.17) is 9.47 Å². The topological polar surface area (TPSA) is 35.5 Å². The van der Waals surface area contributed by atoms with Gasteiger partial charge in [-0.15, -0.1) is 11.5 Å². The average molecular weight is 784 g/mol. The first kappa shape index (κ1) is 47.2. The van der Waals surface area contributed by atoms with Gasteiger partial charge in [-0.25, -0.2) is 0 Å². The minimum absolute atomic E-state index is 0. The monoisotopic (exact) mass is 784 g/mol. The summed E-state index contributed by atoms with van der Waals surface area (Å²) in [4.78, 5) is 11.9. The molecule has 0 aromatic rings. The van der Waals surface area contributed by atoms with E-state index in [1.54, 1.807) is 5.57 Å². The average Bonchev–Trinajstić information content (AvgIpc) is 3.39. The molecular weight excluding hydrogens is 701 g/mol. The van der Waals surface area contributed by atoms with E-state index in [9.17, 15) is 4.79 Å². The quantitative estimate of drug-likeness (QED) is 0.0677. The third-order valence-electron chi connectivity index (χ3n) is 14.9. The second-order valence-electron chi connectivity index (χ2n) is 19.7. The summed E-state index contributed by atoms with van der Waals surface area (Å²) in [7, 11) is 0. The van der Waals surface area contributed by atoms with Crippen molar-refractivity contribution >= 4 is 5.97 Å². The van der Waals surface area contributed by atoms with Crippen molar-refractivity contribution in [1.82, 2.24) is 0 Å². The number of fused-ring (bicyclic) bond motifs is 5. The summed E-state index contributed by atoms with van der Waals surface area (Å²) < 4.78 is 11.6. The Morgan fingerprint density at radius 2 is 1.69 bits per heavy atom. The maximum absolute atomic E-state index is 11.9. The molecule has 0 amide bonds. The maximum Gasteiger partial charge on any atom is 0.312 e. The fourth-order valence-corrected chi connectivity index (χ4v) is 9.88. The van der Waals surface area contributed by atoms with Crippen molar-refractivity contribution < 1.29 is 47.0 Å². The van der Waals surface area contributed by atoms with Gasteiger partial charge in [0.1, 0.15) is 6.61 Å². The molecule has 3 saturated carbocycles. The predicted molar refractivity (Wildman–Crippen MR) is 215 cm³/mol. The van der Waals surface area contributed by atoms with E-state index in [2.05, 4.69) is 74.5 Å². The molecule has 0 aliphatic heterocycles. The molecular formula is C47H82O3Y-2. The van der Waals surface area contributed by atoms with Gasteiger partial charge in [-0.2, -0.15) is 20.3 Å². The Labute approximate surface area is 343 Å². The zero-order valence-electron chi connectivity index (χ0n) is 35.8. The Morgan fingerprint density at radius 3 is 2.31 bits per heavy atom. The van der Waals surface area contributed by atoms with Gasteiger partial charge in [-0.05, 0) is 124 Å². The molecule has 3 fully saturated rings. The second-order valence-corrected chi connectivity index (χ2v) is 19.7. The molecule has 7 atom stereocenters. The van der Waals surface area contributed by atoms with Gasteiger partial charge in [0, 0.05) is 39.3 Å². The molecule has 0 N–H and O–H groups in total. The van der Waals surface area contributed by atoms with E-state index in [0.29, 0.717) is 23.5 Å². The number of unbranched alkanes of at least 4 members (excludes halogenated alkanes) is 3. The zero-order valence-corrected chi connectivity index (χ0v) is 38.6. The zero-order chi connectivity index (χ0) is 37.3. The van der Waals surface area contributed by atoms with Crippen LogP contribution in [0.4, 0.5) is 0 Å². The van der Waals surface area contributed by atoms with Crippen LogP contribution in [0.3, 0.4) is 0 Å². The van der Waals surface area contributed by atoms with Gasteiger partial charge >= 0.3 is 5.97 Å². The smallest absolute Gasteiger partial charge is 0.312 e. The molecule has 0 aromatic carbocycles. The number of hydrogen-bond donors (Lipinski definition) is 0. The largest absolute Gasteiger partial charge is 0.461 e. The third-order valence-corrected chi connectivity index (χ3v) is 14.9. The van der Waals surface area contributed by atoms with Crippen LogP contribution in [-0.4, -0.2) is 25.3 Å². The fourth-order valence-electron chi connectivity index (χ4n) is 9.88. The van der Waals surface area contributed by atoms with Crippen LogP contribution in [0.2, 0.25) is 0 Å². The molecule has 0 bridgehead atoms. The van der Waals surface area contributed by atoms with Crippen LogP contribution in [-0.2, 0) is 47.0 Å². The number of rotatable bonds is 16. The summed E-state index contributed by atoms with van der Waals surface area (Å²) >= 11 is 0. The standard InChI is InChI=1S/C31H53O.C16H29O2.Y/c1-6-7-10-21-32-26-17-19-31(5)25(22-26)13-15-27-28-16-14-24(12-9-8-11-23(2)3)30(28,4)20-18-29(27)31;1-12(2)15(5,6)10-9-11-18-14(17)16(7,8)13(3)4;/h13,23-24,26-29H,1,6-12,14-22H2,2-5H3;9-10,13H,11H2,1-8H3;/q2*-1;/b;10-9+;. The number of carbonyl (C=O) groups is 1. The molecule has 0 saturated heterocycles. The number of ether oxygens (including phenoxy) is 2. The van der Waals surface area contributed by atoms with Gasteiger partial charge in [0.15, 0.2) is 0 Å².